The molecule has 2 aliphatic carbocycles. The fraction of sp³-hybridized carbons (Fsp3) is 0.667. The fourth-order valence-electron chi connectivity index (χ4n) is 2.99. The summed E-state index contributed by atoms with van der Waals surface area (Å²) in [6, 6.07) is 9.09. The van der Waals surface area contributed by atoms with Gasteiger partial charge in [-0.15, -0.1) is 0 Å². The third-order valence-electron chi connectivity index (χ3n) is 4.49. The van der Waals surface area contributed by atoms with Crippen LogP contribution in [0.4, 0.5) is 0 Å². The van der Waals surface area contributed by atoms with E-state index in [1.165, 1.54) is 50.5 Å². The molecule has 1 unspecified atom stereocenters. The molecule has 1 aromatic rings. The summed E-state index contributed by atoms with van der Waals surface area (Å²) in [7, 11) is 2.07. The molecule has 2 aliphatic rings. The number of rotatable bonds is 7. The second-order valence-corrected chi connectivity index (χ2v) is 7.66. The molecule has 0 radical (unpaired) electrons. The van der Waals surface area contributed by atoms with E-state index >= 15 is 0 Å². The third kappa shape index (κ3) is 4.65. The average molecular weight is 305 g/mol. The van der Waals surface area contributed by atoms with Gasteiger partial charge in [-0.2, -0.15) is 11.8 Å². The normalized spacial score (nSPS) is 21.2. The Hall–Kier alpha value is -0.670. The minimum atomic E-state index is 0.430. The molecule has 0 heterocycles. The highest BCUT2D eigenvalue weighted by Crippen LogP contribution is 2.32. The zero-order valence-corrected chi connectivity index (χ0v) is 13.8. The molecule has 0 bridgehead atoms. The number of benzene rings is 1. The predicted molar refractivity (Wildman–Crippen MR) is 91.2 cm³/mol. The lowest BCUT2D eigenvalue weighted by molar-refractivity contribution is 0.302. The van der Waals surface area contributed by atoms with E-state index in [0.29, 0.717) is 12.1 Å². The van der Waals surface area contributed by atoms with Crippen molar-refractivity contribution in [3.05, 3.63) is 29.8 Å². The van der Waals surface area contributed by atoms with E-state index in [0.717, 1.165) is 16.8 Å². The first-order valence-electron chi connectivity index (χ1n) is 8.40. The number of nitrogens with one attached hydrogen (secondary N) is 1. The molecule has 0 amide bonds. The second kappa shape index (κ2) is 7.55. The van der Waals surface area contributed by atoms with Crippen LogP contribution in [0.15, 0.2) is 24.3 Å². The van der Waals surface area contributed by atoms with Gasteiger partial charge in [-0.25, -0.2) is 0 Å². The Labute approximate surface area is 133 Å². The number of ether oxygens (including phenoxy) is 1. The van der Waals surface area contributed by atoms with Gasteiger partial charge in [0.25, 0.3) is 0 Å². The summed E-state index contributed by atoms with van der Waals surface area (Å²) in [6.45, 7) is 0. The quantitative estimate of drug-likeness (QED) is 0.798. The van der Waals surface area contributed by atoms with Crippen LogP contribution < -0.4 is 10.1 Å². The van der Waals surface area contributed by atoms with Gasteiger partial charge in [-0.05, 0) is 50.4 Å². The van der Waals surface area contributed by atoms with E-state index in [4.69, 9.17) is 4.74 Å². The van der Waals surface area contributed by atoms with Crippen LogP contribution in [0.1, 0.15) is 56.6 Å². The summed E-state index contributed by atoms with van der Waals surface area (Å²) in [4.78, 5) is 0. The summed E-state index contributed by atoms with van der Waals surface area (Å²) in [6.07, 6.45) is 10.0. The first-order chi connectivity index (χ1) is 10.3. The van der Waals surface area contributed by atoms with Crippen molar-refractivity contribution >= 4 is 11.8 Å². The highest BCUT2D eigenvalue weighted by atomic mass is 32.2. The van der Waals surface area contributed by atoms with Crippen molar-refractivity contribution in [3.63, 3.8) is 0 Å². The maximum Gasteiger partial charge on any atom is 0.120 e. The number of thioether (sulfide) groups is 1. The predicted octanol–water partition coefficient (Wildman–Crippen LogP) is 4.55. The van der Waals surface area contributed by atoms with Crippen molar-refractivity contribution in [2.45, 2.75) is 62.3 Å². The van der Waals surface area contributed by atoms with Crippen molar-refractivity contribution in [2.75, 3.05) is 12.8 Å². The lowest BCUT2D eigenvalue weighted by Crippen LogP contribution is -2.21. The van der Waals surface area contributed by atoms with Gasteiger partial charge in [-0.1, -0.05) is 31.4 Å². The van der Waals surface area contributed by atoms with Gasteiger partial charge in [0.15, 0.2) is 0 Å². The molecule has 3 rings (SSSR count). The van der Waals surface area contributed by atoms with E-state index in [1.54, 1.807) is 0 Å². The summed E-state index contributed by atoms with van der Waals surface area (Å²) in [5.41, 5.74) is 1.36. The molecule has 0 saturated heterocycles. The van der Waals surface area contributed by atoms with Gasteiger partial charge in [-0.3, -0.25) is 0 Å². The molecule has 21 heavy (non-hydrogen) atoms. The van der Waals surface area contributed by atoms with E-state index in [2.05, 4.69) is 48.4 Å². The Kier molecular flexibility index (Phi) is 5.48. The summed E-state index contributed by atoms with van der Waals surface area (Å²) < 4.78 is 5.92. The van der Waals surface area contributed by atoms with Crippen molar-refractivity contribution in [1.82, 2.24) is 5.32 Å². The molecular formula is C18H27NOS. The van der Waals surface area contributed by atoms with E-state index < -0.39 is 0 Å². The molecule has 2 nitrogen and oxygen atoms in total. The largest absolute Gasteiger partial charge is 0.490 e. The van der Waals surface area contributed by atoms with Crippen LogP contribution in [-0.4, -0.2) is 24.2 Å². The molecule has 1 aromatic carbocycles. The molecule has 2 fully saturated rings. The molecule has 0 spiro atoms. The highest BCUT2D eigenvalue weighted by molar-refractivity contribution is 7.99. The molecule has 3 heteroatoms. The van der Waals surface area contributed by atoms with Crippen LogP contribution in [-0.2, 0) is 0 Å². The van der Waals surface area contributed by atoms with Gasteiger partial charge < -0.3 is 10.1 Å². The Morgan fingerprint density at radius 2 is 2.00 bits per heavy atom. The summed E-state index contributed by atoms with van der Waals surface area (Å²) >= 11 is 2.15. The van der Waals surface area contributed by atoms with Crippen LogP contribution in [0.3, 0.4) is 0 Å². The van der Waals surface area contributed by atoms with Crippen molar-refractivity contribution < 1.29 is 4.74 Å². The highest BCUT2D eigenvalue weighted by Gasteiger charge is 2.24. The standard InChI is InChI=1S/C18H27NOS/c1-19-18(13-21-17-8-3-2-4-9-17)14-6-5-7-16(12-14)20-15-10-11-15/h5-7,12,15,17-19H,2-4,8-11,13H2,1H3. The average Bonchev–Trinajstić information content (AvgIpc) is 3.33. The SMILES string of the molecule is CNC(CSC1CCCCC1)c1cccc(OC2CC2)c1. The minimum absolute atomic E-state index is 0.430. The van der Waals surface area contributed by atoms with Gasteiger partial charge in [0, 0.05) is 17.0 Å². The molecular weight excluding hydrogens is 278 g/mol. The zero-order chi connectivity index (χ0) is 14.5. The topological polar surface area (TPSA) is 21.3 Å². The van der Waals surface area contributed by atoms with E-state index in [-0.39, 0.29) is 0 Å². The van der Waals surface area contributed by atoms with Gasteiger partial charge in [0.1, 0.15) is 5.75 Å². The van der Waals surface area contributed by atoms with Crippen molar-refractivity contribution in [3.8, 4) is 5.75 Å². The van der Waals surface area contributed by atoms with Crippen molar-refractivity contribution in [2.24, 2.45) is 0 Å². The molecule has 0 aromatic heterocycles. The Balaban J connectivity index is 1.56. The Morgan fingerprint density at radius 1 is 1.19 bits per heavy atom. The van der Waals surface area contributed by atoms with Crippen molar-refractivity contribution in [1.29, 1.82) is 0 Å². The molecule has 1 atom stereocenters. The maximum absolute atomic E-state index is 5.92. The molecule has 1 N–H and O–H groups in total. The lowest BCUT2D eigenvalue weighted by Gasteiger charge is -2.24. The molecule has 0 aliphatic heterocycles. The second-order valence-electron chi connectivity index (χ2n) is 6.32. The number of hydrogen-bond donors (Lipinski definition) is 1. The lowest BCUT2D eigenvalue weighted by atomic mass is 10.0. The smallest absolute Gasteiger partial charge is 0.120 e. The first-order valence-corrected chi connectivity index (χ1v) is 9.45. The molecule has 116 valence electrons. The Bertz CT molecular complexity index is 441. The van der Waals surface area contributed by atoms with E-state index in [9.17, 15) is 0 Å². The van der Waals surface area contributed by atoms with E-state index in [1.807, 2.05) is 0 Å². The van der Waals surface area contributed by atoms with Gasteiger partial charge in [0.2, 0.25) is 0 Å². The summed E-state index contributed by atoms with van der Waals surface area (Å²) in [5, 5.41) is 4.35. The fourth-order valence-corrected chi connectivity index (χ4v) is 4.48. The first kappa shape index (κ1) is 15.2. The monoisotopic (exact) mass is 305 g/mol. The van der Waals surface area contributed by atoms with Crippen LogP contribution in [0.5, 0.6) is 5.75 Å². The minimum Gasteiger partial charge on any atom is -0.490 e. The Morgan fingerprint density at radius 3 is 2.71 bits per heavy atom. The van der Waals surface area contributed by atoms with Crippen LogP contribution in [0, 0.1) is 0 Å². The van der Waals surface area contributed by atoms with Gasteiger partial charge >= 0.3 is 0 Å². The van der Waals surface area contributed by atoms with Crippen LogP contribution in [0.2, 0.25) is 0 Å². The number of hydrogen-bond acceptors (Lipinski definition) is 3. The van der Waals surface area contributed by atoms with Gasteiger partial charge in [0.05, 0.1) is 6.10 Å². The maximum atomic E-state index is 5.92. The van der Waals surface area contributed by atoms with Crippen LogP contribution >= 0.6 is 11.8 Å². The third-order valence-corrected chi connectivity index (χ3v) is 5.96. The zero-order valence-electron chi connectivity index (χ0n) is 13.0. The van der Waals surface area contributed by atoms with Crippen LogP contribution in [0.25, 0.3) is 0 Å². The summed E-state index contributed by atoms with van der Waals surface area (Å²) in [5.74, 6) is 2.20. The molecule has 2 saturated carbocycles.